The molecule has 0 bridgehead atoms. The summed E-state index contributed by atoms with van der Waals surface area (Å²) in [7, 11) is 1.68. The van der Waals surface area contributed by atoms with Gasteiger partial charge < -0.3 is 25.6 Å². The Kier molecular flexibility index (Phi) is 8.17. The highest BCUT2D eigenvalue weighted by Gasteiger charge is 2.26. The summed E-state index contributed by atoms with van der Waals surface area (Å²) in [5.74, 6) is 2.33. The van der Waals surface area contributed by atoms with Gasteiger partial charge in [0.25, 0.3) is 0 Å². The molecule has 3 aromatic rings. The molecule has 0 spiro atoms. The smallest absolute Gasteiger partial charge is 0.247 e. The number of amides is 1. The summed E-state index contributed by atoms with van der Waals surface area (Å²) in [5, 5.41) is 9.36. The first-order valence-electron chi connectivity index (χ1n) is 12.3. The molecule has 2 heterocycles. The van der Waals surface area contributed by atoms with Crippen molar-refractivity contribution < 1.29 is 9.53 Å². The first-order valence-corrected chi connectivity index (χ1v) is 12.3. The van der Waals surface area contributed by atoms with Crippen molar-refractivity contribution in [1.29, 1.82) is 0 Å². The molecule has 1 fully saturated rings. The summed E-state index contributed by atoms with van der Waals surface area (Å²) < 4.78 is 5.67. The summed E-state index contributed by atoms with van der Waals surface area (Å²) in [6.45, 7) is 11.2. The Balaban J connectivity index is 1.44. The van der Waals surface area contributed by atoms with Crippen molar-refractivity contribution in [2.75, 3.05) is 42.7 Å². The van der Waals surface area contributed by atoms with E-state index >= 15 is 0 Å². The minimum absolute atomic E-state index is 0.261. The molecule has 1 aromatic heterocycles. The molecule has 4 rings (SSSR count). The van der Waals surface area contributed by atoms with Crippen LogP contribution in [-0.4, -0.2) is 47.5 Å². The molecule has 1 aliphatic heterocycles. The SMILES string of the molecule is C=CC(=O)Nc1cccc(Nc2nc(Nc3ccc(CC4CN(CCC)C4)cc3OC)ncc2C)c1. The van der Waals surface area contributed by atoms with Crippen LogP contribution in [0.1, 0.15) is 24.5 Å². The molecule has 1 amide bonds. The molecule has 1 aliphatic rings. The second-order valence-corrected chi connectivity index (χ2v) is 9.11. The van der Waals surface area contributed by atoms with E-state index in [-0.39, 0.29) is 5.91 Å². The van der Waals surface area contributed by atoms with Crippen molar-refractivity contribution in [2.24, 2.45) is 5.92 Å². The van der Waals surface area contributed by atoms with Crippen molar-refractivity contribution >= 4 is 34.7 Å². The number of ether oxygens (including phenoxy) is 1. The van der Waals surface area contributed by atoms with Crippen LogP contribution < -0.4 is 20.7 Å². The molecule has 0 saturated carbocycles. The van der Waals surface area contributed by atoms with E-state index < -0.39 is 0 Å². The van der Waals surface area contributed by atoms with Gasteiger partial charge in [0.05, 0.1) is 12.8 Å². The molecule has 0 atom stereocenters. The van der Waals surface area contributed by atoms with Crippen LogP contribution in [0.15, 0.2) is 61.3 Å². The van der Waals surface area contributed by atoms with Gasteiger partial charge in [-0.15, -0.1) is 0 Å². The number of nitrogens with zero attached hydrogens (tertiary/aromatic N) is 3. The van der Waals surface area contributed by atoms with Gasteiger partial charge >= 0.3 is 0 Å². The summed E-state index contributed by atoms with van der Waals surface area (Å²) in [4.78, 5) is 23.2. The molecule has 2 aromatic carbocycles. The standard InChI is InChI=1S/C28H34N6O2/c1-5-12-34-17-21(18-34)13-20-10-11-24(25(14-20)36-4)32-28-29-16-19(3)27(33-28)31-23-9-7-8-22(15-23)30-26(35)6-2/h6-11,14-16,21H,2,5,12-13,17-18H2,1,3-4H3,(H,30,35)(H2,29,31,32,33). The molecule has 0 unspecified atom stereocenters. The second-order valence-electron chi connectivity index (χ2n) is 9.11. The van der Waals surface area contributed by atoms with Gasteiger partial charge in [-0.05, 0) is 74.2 Å². The number of likely N-dealkylation sites (tertiary alicyclic amines) is 1. The highest BCUT2D eigenvalue weighted by atomic mass is 16.5. The van der Waals surface area contributed by atoms with Crippen LogP contribution in [0.4, 0.5) is 28.8 Å². The van der Waals surface area contributed by atoms with E-state index in [0.29, 0.717) is 23.4 Å². The lowest BCUT2D eigenvalue weighted by molar-refractivity contribution is -0.111. The summed E-state index contributed by atoms with van der Waals surface area (Å²) >= 11 is 0. The Hall–Kier alpha value is -3.91. The number of aryl methyl sites for hydroxylation is 1. The van der Waals surface area contributed by atoms with Crippen LogP contribution in [0.25, 0.3) is 0 Å². The average molecular weight is 487 g/mol. The van der Waals surface area contributed by atoms with Gasteiger partial charge in [0.2, 0.25) is 11.9 Å². The van der Waals surface area contributed by atoms with Crippen molar-refractivity contribution in [3.63, 3.8) is 0 Å². The molecule has 8 heteroatoms. The highest BCUT2D eigenvalue weighted by Crippen LogP contribution is 2.31. The maximum absolute atomic E-state index is 11.6. The molecule has 188 valence electrons. The van der Waals surface area contributed by atoms with Crippen LogP contribution in [0.2, 0.25) is 0 Å². The lowest BCUT2D eigenvalue weighted by Gasteiger charge is -2.39. The number of benzene rings is 2. The summed E-state index contributed by atoms with van der Waals surface area (Å²) in [5.41, 5.74) is 4.43. The van der Waals surface area contributed by atoms with E-state index in [1.807, 2.05) is 37.3 Å². The molecule has 3 N–H and O–H groups in total. The molecule has 0 aliphatic carbocycles. The first-order chi connectivity index (χ1) is 17.5. The van der Waals surface area contributed by atoms with Crippen molar-refractivity contribution in [1.82, 2.24) is 14.9 Å². The minimum Gasteiger partial charge on any atom is -0.495 e. The zero-order valence-electron chi connectivity index (χ0n) is 21.2. The van der Waals surface area contributed by atoms with Gasteiger partial charge in [-0.2, -0.15) is 4.98 Å². The Morgan fingerprint density at radius 1 is 1.19 bits per heavy atom. The van der Waals surface area contributed by atoms with Gasteiger partial charge in [0, 0.05) is 36.2 Å². The number of methoxy groups -OCH3 is 1. The van der Waals surface area contributed by atoms with E-state index in [2.05, 4.69) is 56.5 Å². The van der Waals surface area contributed by atoms with Gasteiger partial charge in [-0.1, -0.05) is 25.6 Å². The summed E-state index contributed by atoms with van der Waals surface area (Å²) in [6.07, 6.45) is 5.26. The number of anilines is 5. The molecule has 1 saturated heterocycles. The van der Waals surface area contributed by atoms with Crippen LogP contribution in [0, 0.1) is 12.8 Å². The van der Waals surface area contributed by atoms with Crippen molar-refractivity contribution in [2.45, 2.75) is 26.7 Å². The number of hydrogen-bond acceptors (Lipinski definition) is 7. The maximum atomic E-state index is 11.6. The third kappa shape index (κ3) is 6.40. The molecule has 36 heavy (non-hydrogen) atoms. The predicted molar refractivity (Wildman–Crippen MR) is 146 cm³/mol. The van der Waals surface area contributed by atoms with E-state index in [9.17, 15) is 4.79 Å². The lowest BCUT2D eigenvalue weighted by Crippen LogP contribution is -2.47. The van der Waals surface area contributed by atoms with Crippen LogP contribution in [0.5, 0.6) is 5.75 Å². The fourth-order valence-corrected chi connectivity index (χ4v) is 4.36. The van der Waals surface area contributed by atoms with Crippen LogP contribution in [0.3, 0.4) is 0 Å². The topological polar surface area (TPSA) is 91.4 Å². The number of nitrogens with one attached hydrogen (secondary N) is 3. The Bertz CT molecular complexity index is 1220. The van der Waals surface area contributed by atoms with Crippen molar-refractivity contribution in [3.05, 3.63) is 72.4 Å². The van der Waals surface area contributed by atoms with Crippen LogP contribution >= 0.6 is 0 Å². The molecule has 8 nitrogen and oxygen atoms in total. The molecule has 0 radical (unpaired) electrons. The first kappa shape index (κ1) is 25.2. The highest BCUT2D eigenvalue weighted by molar-refractivity contribution is 5.99. The molecular formula is C28H34N6O2. The van der Waals surface area contributed by atoms with E-state index in [1.165, 1.54) is 37.7 Å². The fraction of sp³-hybridized carbons (Fsp3) is 0.321. The zero-order chi connectivity index (χ0) is 25.5. The van der Waals surface area contributed by atoms with Crippen molar-refractivity contribution in [3.8, 4) is 5.75 Å². The average Bonchev–Trinajstić information content (AvgIpc) is 2.85. The van der Waals surface area contributed by atoms with Gasteiger partial charge in [0.15, 0.2) is 0 Å². The number of carbonyl (C=O) groups excluding carboxylic acids is 1. The number of hydrogen-bond donors (Lipinski definition) is 3. The lowest BCUT2D eigenvalue weighted by atomic mass is 9.92. The number of carbonyl (C=O) groups is 1. The predicted octanol–water partition coefficient (Wildman–Crippen LogP) is 5.29. The third-order valence-corrected chi connectivity index (χ3v) is 6.16. The molecular weight excluding hydrogens is 452 g/mol. The Labute approximate surface area is 212 Å². The van der Waals surface area contributed by atoms with E-state index in [4.69, 9.17) is 4.74 Å². The van der Waals surface area contributed by atoms with Gasteiger partial charge in [-0.25, -0.2) is 4.98 Å². The zero-order valence-corrected chi connectivity index (χ0v) is 21.2. The summed E-state index contributed by atoms with van der Waals surface area (Å²) in [6, 6.07) is 13.7. The quantitative estimate of drug-likeness (QED) is 0.317. The number of aromatic nitrogens is 2. The Morgan fingerprint density at radius 2 is 2.00 bits per heavy atom. The monoisotopic (exact) mass is 486 g/mol. The largest absolute Gasteiger partial charge is 0.495 e. The van der Waals surface area contributed by atoms with Gasteiger partial charge in [-0.3, -0.25) is 4.79 Å². The second kappa shape index (κ2) is 11.7. The number of rotatable bonds is 11. The van der Waals surface area contributed by atoms with E-state index in [0.717, 1.165) is 29.1 Å². The fourth-order valence-electron chi connectivity index (χ4n) is 4.36. The minimum atomic E-state index is -0.261. The third-order valence-electron chi connectivity index (χ3n) is 6.16. The van der Waals surface area contributed by atoms with Crippen LogP contribution in [-0.2, 0) is 11.2 Å². The maximum Gasteiger partial charge on any atom is 0.247 e. The van der Waals surface area contributed by atoms with E-state index in [1.54, 1.807) is 13.3 Å². The van der Waals surface area contributed by atoms with Gasteiger partial charge in [0.1, 0.15) is 11.6 Å². The Morgan fingerprint density at radius 3 is 2.75 bits per heavy atom. The normalized spacial score (nSPS) is 13.5.